The zero-order chi connectivity index (χ0) is 10.8. The lowest BCUT2D eigenvalue weighted by molar-refractivity contribution is -0.154. The summed E-state index contributed by atoms with van der Waals surface area (Å²) in [6, 6.07) is 0. The lowest BCUT2D eigenvalue weighted by Crippen LogP contribution is -2.48. The maximum Gasteiger partial charge on any atom is 0.315 e. The van der Waals surface area contributed by atoms with Gasteiger partial charge in [-0.1, -0.05) is 6.42 Å². The maximum absolute atomic E-state index is 11.8. The molecule has 0 heterocycles. The first-order chi connectivity index (χ1) is 6.48. The van der Waals surface area contributed by atoms with Crippen LogP contribution >= 0.6 is 0 Å². The molecule has 1 rings (SSSR count). The van der Waals surface area contributed by atoms with Crippen LogP contribution in [0.25, 0.3) is 0 Å². The molecular weight excluding hydrogens is 196 g/mol. The van der Waals surface area contributed by atoms with Gasteiger partial charge in [-0.25, -0.2) is 0 Å². The molecule has 0 bridgehead atoms. The number of aliphatic carboxylic acids is 1. The highest BCUT2D eigenvalue weighted by Crippen LogP contribution is 2.40. The number of hydrogen-bond donors (Lipinski definition) is 2. The van der Waals surface area contributed by atoms with E-state index in [4.69, 9.17) is 5.11 Å². The van der Waals surface area contributed by atoms with Gasteiger partial charge < -0.3 is 10.4 Å². The lowest BCUT2D eigenvalue weighted by atomic mass is 9.69. The average molecular weight is 207 g/mol. The van der Waals surface area contributed by atoms with Gasteiger partial charge in [-0.2, -0.15) is 8.78 Å². The smallest absolute Gasteiger partial charge is 0.315 e. The van der Waals surface area contributed by atoms with E-state index in [1.807, 2.05) is 5.32 Å². The van der Waals surface area contributed by atoms with Crippen LogP contribution in [-0.4, -0.2) is 30.0 Å². The van der Waals surface area contributed by atoms with Crippen LogP contribution in [0.15, 0.2) is 0 Å². The van der Waals surface area contributed by atoms with Crippen molar-refractivity contribution in [2.75, 3.05) is 6.54 Å². The molecule has 80 valence electrons. The molecule has 0 aromatic heterocycles. The van der Waals surface area contributed by atoms with Crippen molar-refractivity contribution in [3.63, 3.8) is 0 Å². The summed E-state index contributed by atoms with van der Waals surface area (Å²) in [5.41, 5.74) is -1.01. The molecule has 0 unspecified atom stereocenters. The molecule has 0 spiro atoms. The quantitative estimate of drug-likeness (QED) is 0.710. The van der Waals surface area contributed by atoms with Crippen molar-refractivity contribution in [2.45, 2.75) is 25.7 Å². The normalized spacial score (nSPS) is 18.8. The van der Waals surface area contributed by atoms with E-state index < -0.39 is 23.7 Å². The van der Waals surface area contributed by atoms with Crippen LogP contribution in [0.2, 0.25) is 0 Å². The van der Waals surface area contributed by atoms with E-state index in [-0.39, 0.29) is 6.54 Å². The minimum absolute atomic E-state index is 0.203. The standard InChI is InChI=1S/C8H11F2NO3/c9-5(10)6(12)11-4-8(7(13)14)2-1-3-8/h5H,1-4H2,(H,11,12)(H,13,14). The van der Waals surface area contributed by atoms with E-state index in [0.717, 1.165) is 6.42 Å². The third-order valence-electron chi connectivity index (χ3n) is 2.56. The molecule has 0 aromatic carbocycles. The predicted molar refractivity (Wildman–Crippen MR) is 42.9 cm³/mol. The average Bonchev–Trinajstić information content (AvgIpc) is 2.00. The molecule has 0 saturated heterocycles. The molecule has 1 amide bonds. The SMILES string of the molecule is O=C(NCC1(C(=O)O)CCC1)C(F)F. The fourth-order valence-corrected chi connectivity index (χ4v) is 1.40. The minimum atomic E-state index is -3.08. The van der Waals surface area contributed by atoms with Gasteiger partial charge in [-0.3, -0.25) is 9.59 Å². The minimum Gasteiger partial charge on any atom is -0.481 e. The van der Waals surface area contributed by atoms with Crippen LogP contribution in [0.4, 0.5) is 8.78 Å². The summed E-state index contributed by atoms with van der Waals surface area (Å²) in [4.78, 5) is 21.2. The fourth-order valence-electron chi connectivity index (χ4n) is 1.40. The molecule has 1 saturated carbocycles. The van der Waals surface area contributed by atoms with Crippen LogP contribution in [0.3, 0.4) is 0 Å². The molecule has 0 aromatic rings. The molecule has 4 nitrogen and oxygen atoms in total. The first-order valence-electron chi connectivity index (χ1n) is 4.27. The Balaban J connectivity index is 2.43. The molecule has 2 N–H and O–H groups in total. The summed E-state index contributed by atoms with van der Waals surface area (Å²) in [5, 5.41) is 10.7. The number of nitrogens with one attached hydrogen (secondary N) is 1. The van der Waals surface area contributed by atoms with Crippen molar-refractivity contribution in [2.24, 2.45) is 5.41 Å². The lowest BCUT2D eigenvalue weighted by Gasteiger charge is -2.37. The van der Waals surface area contributed by atoms with Gasteiger partial charge in [-0.05, 0) is 12.8 Å². The van der Waals surface area contributed by atoms with Crippen molar-refractivity contribution < 1.29 is 23.5 Å². The number of carboxylic acid groups (broad SMARTS) is 1. The van der Waals surface area contributed by atoms with Crippen molar-refractivity contribution in [1.29, 1.82) is 0 Å². The van der Waals surface area contributed by atoms with E-state index >= 15 is 0 Å². The van der Waals surface area contributed by atoms with Crippen molar-refractivity contribution in [3.05, 3.63) is 0 Å². The monoisotopic (exact) mass is 207 g/mol. The zero-order valence-electron chi connectivity index (χ0n) is 7.43. The van der Waals surface area contributed by atoms with Gasteiger partial charge in [0.25, 0.3) is 5.91 Å². The van der Waals surface area contributed by atoms with Crippen LogP contribution in [0.5, 0.6) is 0 Å². The Kier molecular flexibility index (Phi) is 3.03. The van der Waals surface area contributed by atoms with Crippen LogP contribution in [0.1, 0.15) is 19.3 Å². The first kappa shape index (κ1) is 10.9. The summed E-state index contributed by atoms with van der Waals surface area (Å²) >= 11 is 0. The van der Waals surface area contributed by atoms with Crippen molar-refractivity contribution >= 4 is 11.9 Å². The Morgan fingerprint density at radius 1 is 1.43 bits per heavy atom. The second kappa shape index (κ2) is 3.89. The Labute approximate surface area is 79.3 Å². The second-order valence-corrected chi connectivity index (χ2v) is 3.46. The highest BCUT2D eigenvalue weighted by Gasteiger charge is 2.44. The summed E-state index contributed by atoms with van der Waals surface area (Å²) in [5.74, 6) is -2.43. The summed E-state index contributed by atoms with van der Waals surface area (Å²) < 4.78 is 23.5. The molecule has 0 aliphatic heterocycles. The molecule has 0 atom stereocenters. The Bertz CT molecular complexity index is 251. The van der Waals surface area contributed by atoms with Gasteiger partial charge >= 0.3 is 12.4 Å². The van der Waals surface area contributed by atoms with Gasteiger partial charge in [-0.15, -0.1) is 0 Å². The first-order valence-corrected chi connectivity index (χ1v) is 4.27. The Morgan fingerprint density at radius 2 is 2.00 bits per heavy atom. The largest absolute Gasteiger partial charge is 0.481 e. The fraction of sp³-hybridized carbons (Fsp3) is 0.750. The number of amides is 1. The maximum atomic E-state index is 11.8. The number of halogens is 2. The van der Waals surface area contributed by atoms with Crippen molar-refractivity contribution in [3.8, 4) is 0 Å². The van der Waals surface area contributed by atoms with E-state index in [1.165, 1.54) is 0 Å². The zero-order valence-corrected chi connectivity index (χ0v) is 7.43. The number of carbonyl (C=O) groups is 2. The predicted octanol–water partition coefficient (Wildman–Crippen LogP) is 0.623. The Hall–Kier alpha value is -1.20. The summed E-state index contributed by atoms with van der Waals surface area (Å²) in [6.07, 6.45) is -1.45. The van der Waals surface area contributed by atoms with Gasteiger partial charge in [0.1, 0.15) is 0 Å². The van der Waals surface area contributed by atoms with E-state index in [0.29, 0.717) is 12.8 Å². The van der Waals surface area contributed by atoms with E-state index in [1.54, 1.807) is 0 Å². The van der Waals surface area contributed by atoms with E-state index in [2.05, 4.69) is 0 Å². The Morgan fingerprint density at radius 3 is 2.29 bits per heavy atom. The van der Waals surface area contributed by atoms with Crippen LogP contribution in [-0.2, 0) is 9.59 Å². The second-order valence-electron chi connectivity index (χ2n) is 3.46. The molecular formula is C8H11F2NO3. The number of carboxylic acids is 1. The summed E-state index contributed by atoms with van der Waals surface area (Å²) in [6.45, 7) is -0.203. The molecule has 0 radical (unpaired) electrons. The molecule has 1 aliphatic rings. The van der Waals surface area contributed by atoms with Gasteiger partial charge in [0.2, 0.25) is 0 Å². The third kappa shape index (κ3) is 2.00. The van der Waals surface area contributed by atoms with E-state index in [9.17, 15) is 18.4 Å². The number of rotatable bonds is 4. The van der Waals surface area contributed by atoms with Gasteiger partial charge in [0, 0.05) is 6.54 Å². The molecule has 14 heavy (non-hydrogen) atoms. The van der Waals surface area contributed by atoms with Crippen LogP contribution in [0, 0.1) is 5.41 Å². The number of hydrogen-bond acceptors (Lipinski definition) is 2. The third-order valence-corrected chi connectivity index (χ3v) is 2.56. The highest BCUT2D eigenvalue weighted by molar-refractivity contribution is 5.81. The number of alkyl halides is 2. The van der Waals surface area contributed by atoms with Crippen LogP contribution < -0.4 is 5.32 Å². The van der Waals surface area contributed by atoms with Crippen molar-refractivity contribution in [1.82, 2.24) is 5.32 Å². The van der Waals surface area contributed by atoms with Gasteiger partial charge in [0.15, 0.2) is 0 Å². The number of carbonyl (C=O) groups excluding carboxylic acids is 1. The molecule has 6 heteroatoms. The molecule has 1 fully saturated rings. The molecule has 1 aliphatic carbocycles. The highest BCUT2D eigenvalue weighted by atomic mass is 19.3. The topological polar surface area (TPSA) is 66.4 Å². The summed E-state index contributed by atoms with van der Waals surface area (Å²) in [7, 11) is 0. The van der Waals surface area contributed by atoms with Gasteiger partial charge in [0.05, 0.1) is 5.41 Å².